The molecule has 4 fully saturated rings. The molecule has 0 amide bonds. The quantitative estimate of drug-likeness (QED) is 0.263. The van der Waals surface area contributed by atoms with Gasteiger partial charge in [-0.15, -0.1) is 0 Å². The number of hydrogen-bond acceptors (Lipinski definition) is 5. The highest BCUT2D eigenvalue weighted by molar-refractivity contribution is 5.76. The smallest absolute Gasteiger partial charge is 0.310 e. The van der Waals surface area contributed by atoms with Crippen LogP contribution in [-0.2, 0) is 4.79 Å². The maximum absolute atomic E-state index is 12.8. The number of carbonyl (C=O) groups is 1. The lowest BCUT2D eigenvalue weighted by molar-refractivity contribution is -0.273. The highest BCUT2D eigenvalue weighted by Crippen LogP contribution is 2.76. The minimum Gasteiger partial charge on any atom is -0.481 e. The third-order valence-electron chi connectivity index (χ3n) is 13.9. The third-order valence-corrected chi connectivity index (χ3v) is 13.9. The number of hydrogen-bond donors (Lipinski definition) is 5. The van der Waals surface area contributed by atoms with Gasteiger partial charge in [0.2, 0.25) is 0 Å². The van der Waals surface area contributed by atoms with Crippen LogP contribution in [-0.4, -0.2) is 44.2 Å². The van der Waals surface area contributed by atoms with Crippen LogP contribution in [0, 0.1) is 50.7 Å². The fourth-order valence-electron chi connectivity index (χ4n) is 11.2. The number of aliphatic hydroxyl groups is 2. The number of aliphatic hydroxyl groups excluding tert-OH is 2. The fraction of sp³-hybridized carbons (Fsp3) is 0.900. The second-order valence-electron chi connectivity index (χ2n) is 14.9. The van der Waals surface area contributed by atoms with E-state index in [1.54, 1.807) is 0 Å². The van der Waals surface area contributed by atoms with Crippen molar-refractivity contribution in [3.8, 4) is 0 Å². The molecule has 11 unspecified atom stereocenters. The molecule has 4 saturated carbocycles. The molecule has 36 heavy (non-hydrogen) atoms. The van der Waals surface area contributed by atoms with E-state index < -0.39 is 40.0 Å². The van der Waals surface area contributed by atoms with Gasteiger partial charge in [-0.25, -0.2) is 0 Å². The molecule has 204 valence electrons. The lowest BCUT2D eigenvalue weighted by Gasteiger charge is -2.74. The predicted octanol–water partition coefficient (Wildman–Crippen LogP) is 5.16. The number of carboxylic acid groups (broad SMARTS) is 1. The van der Waals surface area contributed by atoms with Gasteiger partial charge in [0.05, 0.1) is 23.2 Å². The van der Waals surface area contributed by atoms with Gasteiger partial charge >= 0.3 is 5.97 Å². The Balaban J connectivity index is 1.66. The molecule has 0 heterocycles. The summed E-state index contributed by atoms with van der Waals surface area (Å²) in [7, 11) is 0. The van der Waals surface area contributed by atoms with Crippen LogP contribution in [0.25, 0.3) is 0 Å². The van der Waals surface area contributed by atoms with Crippen molar-refractivity contribution >= 4 is 5.97 Å². The lowest BCUT2D eigenvalue weighted by Crippen LogP contribution is -2.79. The molecule has 5 aliphatic rings. The molecule has 0 bridgehead atoms. The van der Waals surface area contributed by atoms with Gasteiger partial charge in [0.25, 0.3) is 0 Å². The number of nitrogens with one attached hydrogen (secondary N) is 1. The van der Waals surface area contributed by atoms with E-state index in [0.29, 0.717) is 31.1 Å². The number of aliphatic carboxylic acids is 1. The molecule has 0 aromatic carbocycles. The second kappa shape index (κ2) is 7.80. The van der Waals surface area contributed by atoms with Crippen molar-refractivity contribution < 1.29 is 25.3 Å². The van der Waals surface area contributed by atoms with Crippen LogP contribution >= 0.6 is 0 Å². The van der Waals surface area contributed by atoms with Crippen molar-refractivity contribution in [2.24, 2.45) is 50.7 Å². The van der Waals surface area contributed by atoms with Gasteiger partial charge in [0.15, 0.2) is 0 Å². The summed E-state index contributed by atoms with van der Waals surface area (Å²) >= 11 is 0. The number of carboxylic acids is 1. The summed E-state index contributed by atoms with van der Waals surface area (Å²) in [5, 5.41) is 43.4. The van der Waals surface area contributed by atoms with Gasteiger partial charge in [-0.05, 0) is 91.3 Å². The summed E-state index contributed by atoms with van der Waals surface area (Å²) in [6, 6.07) is 0. The second-order valence-corrected chi connectivity index (χ2v) is 14.9. The van der Waals surface area contributed by atoms with Crippen LogP contribution in [0.15, 0.2) is 11.6 Å². The van der Waals surface area contributed by atoms with Gasteiger partial charge < -0.3 is 20.5 Å². The molecule has 11 atom stereocenters. The van der Waals surface area contributed by atoms with E-state index >= 15 is 0 Å². The van der Waals surface area contributed by atoms with Gasteiger partial charge in [-0.1, -0.05) is 60.1 Å². The van der Waals surface area contributed by atoms with Crippen LogP contribution in [0.2, 0.25) is 0 Å². The number of hydroxylamine groups is 1. The van der Waals surface area contributed by atoms with Gasteiger partial charge in [-0.2, -0.15) is 5.48 Å². The van der Waals surface area contributed by atoms with Crippen molar-refractivity contribution in [3.63, 3.8) is 0 Å². The van der Waals surface area contributed by atoms with E-state index in [2.05, 4.69) is 46.2 Å². The van der Waals surface area contributed by atoms with Gasteiger partial charge in [-0.3, -0.25) is 4.79 Å². The Kier molecular flexibility index (Phi) is 5.77. The number of allylic oxidation sites excluding steroid dienone is 2. The number of fused-ring (bicyclic) bond motifs is 7. The van der Waals surface area contributed by atoms with E-state index in [0.717, 1.165) is 32.1 Å². The maximum Gasteiger partial charge on any atom is 0.310 e. The van der Waals surface area contributed by atoms with Crippen LogP contribution in [0.3, 0.4) is 0 Å². The zero-order chi connectivity index (χ0) is 26.7. The van der Waals surface area contributed by atoms with E-state index in [-0.39, 0.29) is 22.7 Å². The first kappa shape index (κ1) is 26.6. The summed E-state index contributed by atoms with van der Waals surface area (Å²) in [5.41, 5.74) is 1.32. The topological polar surface area (TPSA) is 110 Å². The van der Waals surface area contributed by atoms with E-state index in [4.69, 9.17) is 0 Å². The largest absolute Gasteiger partial charge is 0.481 e. The summed E-state index contributed by atoms with van der Waals surface area (Å²) in [6.45, 7) is 15.5. The van der Waals surface area contributed by atoms with Crippen molar-refractivity contribution in [3.05, 3.63) is 11.6 Å². The van der Waals surface area contributed by atoms with Crippen LogP contribution < -0.4 is 5.48 Å². The summed E-state index contributed by atoms with van der Waals surface area (Å²) < 4.78 is 0. The van der Waals surface area contributed by atoms with Crippen molar-refractivity contribution in [1.82, 2.24) is 5.48 Å². The zero-order valence-corrected chi connectivity index (χ0v) is 23.4. The van der Waals surface area contributed by atoms with E-state index in [1.165, 1.54) is 5.57 Å². The normalized spacial score (nSPS) is 55.9. The molecule has 0 aliphatic heterocycles. The third kappa shape index (κ3) is 2.75. The highest BCUT2D eigenvalue weighted by Gasteiger charge is 2.75. The Hall–Kier alpha value is -0.950. The SMILES string of the molecule is CC1CCC2(C(=O)O)CCC3(C)C(=CCC4C3(C)CCC3(NO)C(C)(C)C(O)C(O)CC43C)C2C1C. The molecule has 6 heteroatoms. The molecule has 0 radical (unpaired) electrons. The Morgan fingerprint density at radius 3 is 2.25 bits per heavy atom. The van der Waals surface area contributed by atoms with Crippen molar-refractivity contribution in [2.45, 2.75) is 118 Å². The van der Waals surface area contributed by atoms with E-state index in [1.807, 2.05) is 13.8 Å². The molecule has 0 aromatic rings. The first-order chi connectivity index (χ1) is 16.6. The monoisotopic (exact) mass is 503 g/mol. The molecule has 0 spiro atoms. The van der Waals surface area contributed by atoms with Gasteiger partial charge in [0.1, 0.15) is 0 Å². The Bertz CT molecular complexity index is 978. The molecule has 5 N–H and O–H groups in total. The molecule has 5 rings (SSSR count). The summed E-state index contributed by atoms with van der Waals surface area (Å²) in [4.78, 5) is 12.8. The Labute approximate surface area is 216 Å². The minimum absolute atomic E-state index is 0.0564. The standard InChI is InChI=1S/C30H49NO5/c1-17-10-11-29(24(34)35)14-12-26(5)19(22(29)18(17)2)8-9-21-27(26,6)13-15-30(31-36)25(3,4)23(33)20(32)16-28(21,30)7/h8,17-18,20-23,31-33,36H,9-16H2,1-7H3,(H,34,35). The molecule has 0 saturated heterocycles. The predicted molar refractivity (Wildman–Crippen MR) is 138 cm³/mol. The molecular weight excluding hydrogens is 454 g/mol. The minimum atomic E-state index is -0.921. The first-order valence-electron chi connectivity index (χ1n) is 14.3. The molecule has 6 nitrogen and oxygen atoms in total. The van der Waals surface area contributed by atoms with Crippen LogP contribution in [0.5, 0.6) is 0 Å². The lowest BCUT2D eigenvalue weighted by atomic mass is 9.31. The molecule has 5 aliphatic carbocycles. The summed E-state index contributed by atoms with van der Waals surface area (Å²) in [6.07, 6.45) is 6.77. The summed E-state index contributed by atoms with van der Waals surface area (Å²) in [5.74, 6) is 0.445. The Morgan fingerprint density at radius 2 is 1.64 bits per heavy atom. The average Bonchev–Trinajstić information content (AvgIpc) is 2.80. The molecule has 0 aromatic heterocycles. The molecular formula is C30H49NO5. The first-order valence-corrected chi connectivity index (χ1v) is 14.3. The van der Waals surface area contributed by atoms with Gasteiger partial charge in [0, 0.05) is 5.41 Å². The van der Waals surface area contributed by atoms with Crippen LogP contribution in [0.4, 0.5) is 0 Å². The van der Waals surface area contributed by atoms with E-state index in [9.17, 15) is 25.3 Å². The fourth-order valence-corrected chi connectivity index (χ4v) is 11.2. The van der Waals surface area contributed by atoms with Crippen molar-refractivity contribution in [1.29, 1.82) is 0 Å². The van der Waals surface area contributed by atoms with Crippen molar-refractivity contribution in [2.75, 3.05) is 0 Å². The zero-order valence-electron chi connectivity index (χ0n) is 23.4. The maximum atomic E-state index is 12.8. The average molecular weight is 504 g/mol. The highest BCUT2D eigenvalue weighted by atomic mass is 16.5. The van der Waals surface area contributed by atoms with Crippen LogP contribution in [0.1, 0.15) is 99.8 Å². The number of rotatable bonds is 2. The Morgan fingerprint density at radius 1 is 0.972 bits per heavy atom.